The second kappa shape index (κ2) is 5.37. The maximum atomic E-state index is 4.52. The molecule has 0 amide bonds. The minimum atomic E-state index is 0.974. The van der Waals surface area contributed by atoms with Crippen LogP contribution in [-0.4, -0.2) is 6.21 Å². The van der Waals surface area contributed by atoms with Crippen molar-refractivity contribution in [3.8, 4) is 0 Å². The van der Waals surface area contributed by atoms with E-state index in [0.717, 1.165) is 15.7 Å². The summed E-state index contributed by atoms with van der Waals surface area (Å²) in [6.45, 7) is 0. The molecule has 0 bridgehead atoms. The first-order valence-corrected chi connectivity index (χ1v) is 6.89. The Morgan fingerprint density at radius 3 is 2.32 bits per heavy atom. The molecule has 0 aliphatic heterocycles. The Hall–Kier alpha value is -1.93. The number of hydrogen-bond donors (Lipinski definition) is 0. The summed E-state index contributed by atoms with van der Waals surface area (Å²) in [6, 6.07) is 22.7. The van der Waals surface area contributed by atoms with Crippen LogP contribution < -0.4 is 0 Å². The number of benzene rings is 3. The zero-order valence-corrected chi connectivity index (χ0v) is 11.8. The minimum absolute atomic E-state index is 0.974. The van der Waals surface area contributed by atoms with Crippen molar-refractivity contribution in [1.82, 2.24) is 0 Å². The molecule has 3 aromatic rings. The summed E-state index contributed by atoms with van der Waals surface area (Å²) in [5.74, 6) is 0. The first kappa shape index (κ1) is 12.1. The molecule has 92 valence electrons. The van der Waals surface area contributed by atoms with Gasteiger partial charge in [-0.2, -0.15) is 0 Å². The number of fused-ring (bicyclic) bond motifs is 1. The highest BCUT2D eigenvalue weighted by Crippen LogP contribution is 2.21. The van der Waals surface area contributed by atoms with Crippen molar-refractivity contribution in [2.45, 2.75) is 0 Å². The summed E-state index contributed by atoms with van der Waals surface area (Å²) in [5, 5.41) is 2.46. The third kappa shape index (κ3) is 2.91. The van der Waals surface area contributed by atoms with E-state index in [-0.39, 0.29) is 0 Å². The molecule has 0 N–H and O–H groups in total. The van der Waals surface area contributed by atoms with Gasteiger partial charge in [-0.1, -0.05) is 58.4 Å². The van der Waals surface area contributed by atoms with Crippen LogP contribution in [0.2, 0.25) is 0 Å². The quantitative estimate of drug-likeness (QED) is 0.566. The molecular formula is C17H12BrN. The number of aliphatic imine (C=N–C) groups is 1. The summed E-state index contributed by atoms with van der Waals surface area (Å²) in [7, 11) is 0. The summed E-state index contributed by atoms with van der Waals surface area (Å²) in [6.07, 6.45) is 1.89. The second-order valence-electron chi connectivity index (χ2n) is 4.34. The van der Waals surface area contributed by atoms with Crippen molar-refractivity contribution < 1.29 is 0 Å². The van der Waals surface area contributed by atoms with Crippen LogP contribution in [0.25, 0.3) is 10.8 Å². The van der Waals surface area contributed by atoms with Crippen molar-refractivity contribution in [3.05, 3.63) is 76.8 Å². The summed E-state index contributed by atoms with van der Waals surface area (Å²) in [5.41, 5.74) is 2.07. The normalized spacial score (nSPS) is 11.2. The number of rotatable bonds is 2. The van der Waals surface area contributed by atoms with Gasteiger partial charge in [0.05, 0.1) is 5.69 Å². The lowest BCUT2D eigenvalue weighted by atomic mass is 10.1. The zero-order chi connectivity index (χ0) is 13.1. The summed E-state index contributed by atoms with van der Waals surface area (Å²) < 4.78 is 1.08. The third-order valence-electron chi connectivity index (χ3n) is 2.97. The molecule has 3 aromatic carbocycles. The van der Waals surface area contributed by atoms with Crippen LogP contribution in [0.1, 0.15) is 5.56 Å². The number of halogens is 1. The third-order valence-corrected chi connectivity index (χ3v) is 3.49. The molecule has 2 heteroatoms. The molecule has 0 spiro atoms. The van der Waals surface area contributed by atoms with Crippen LogP contribution in [0, 0.1) is 0 Å². The highest BCUT2D eigenvalue weighted by atomic mass is 79.9. The molecule has 0 atom stereocenters. The largest absolute Gasteiger partial charge is 0.256 e. The molecule has 0 aliphatic carbocycles. The van der Waals surface area contributed by atoms with Crippen molar-refractivity contribution >= 4 is 38.6 Å². The number of hydrogen-bond acceptors (Lipinski definition) is 1. The Kier molecular flexibility index (Phi) is 3.43. The van der Waals surface area contributed by atoms with Crippen LogP contribution in [0.4, 0.5) is 5.69 Å². The first-order chi connectivity index (χ1) is 9.31. The highest BCUT2D eigenvalue weighted by molar-refractivity contribution is 9.10. The van der Waals surface area contributed by atoms with Crippen LogP contribution in [0.15, 0.2) is 76.2 Å². The van der Waals surface area contributed by atoms with Gasteiger partial charge in [-0.3, -0.25) is 4.99 Å². The molecule has 0 saturated heterocycles. The molecular weight excluding hydrogens is 298 g/mol. The van der Waals surface area contributed by atoms with Gasteiger partial charge >= 0.3 is 0 Å². The van der Waals surface area contributed by atoms with Crippen LogP contribution in [0.3, 0.4) is 0 Å². The summed E-state index contributed by atoms with van der Waals surface area (Å²) in [4.78, 5) is 4.52. The van der Waals surface area contributed by atoms with E-state index >= 15 is 0 Å². The lowest BCUT2D eigenvalue weighted by Gasteiger charge is -1.99. The van der Waals surface area contributed by atoms with E-state index in [0.29, 0.717) is 0 Å². The Morgan fingerprint density at radius 2 is 1.53 bits per heavy atom. The van der Waals surface area contributed by atoms with Crippen molar-refractivity contribution in [2.24, 2.45) is 4.99 Å². The average Bonchev–Trinajstić information content (AvgIpc) is 2.46. The molecule has 0 aromatic heterocycles. The first-order valence-electron chi connectivity index (χ1n) is 6.10. The zero-order valence-electron chi connectivity index (χ0n) is 10.3. The van der Waals surface area contributed by atoms with Crippen molar-refractivity contribution in [1.29, 1.82) is 0 Å². The van der Waals surface area contributed by atoms with Crippen LogP contribution >= 0.6 is 15.9 Å². The molecule has 0 saturated carbocycles. The fraction of sp³-hybridized carbons (Fsp3) is 0. The molecule has 0 aliphatic rings. The molecule has 0 heterocycles. The maximum absolute atomic E-state index is 4.52. The monoisotopic (exact) mass is 309 g/mol. The van der Waals surface area contributed by atoms with Gasteiger partial charge in [-0.05, 0) is 40.6 Å². The van der Waals surface area contributed by atoms with E-state index in [1.165, 1.54) is 10.8 Å². The topological polar surface area (TPSA) is 12.4 Å². The van der Waals surface area contributed by atoms with Crippen LogP contribution in [0.5, 0.6) is 0 Å². The predicted octanol–water partition coefficient (Wildman–Crippen LogP) is 5.35. The molecule has 3 rings (SSSR count). The molecule has 1 nitrogen and oxygen atoms in total. The molecule has 0 radical (unpaired) electrons. The van der Waals surface area contributed by atoms with Gasteiger partial charge in [0.2, 0.25) is 0 Å². The average molecular weight is 310 g/mol. The second-order valence-corrected chi connectivity index (χ2v) is 5.26. The van der Waals surface area contributed by atoms with E-state index < -0.39 is 0 Å². The van der Waals surface area contributed by atoms with E-state index in [4.69, 9.17) is 0 Å². The van der Waals surface area contributed by atoms with E-state index in [1.54, 1.807) is 0 Å². The van der Waals surface area contributed by atoms with Crippen molar-refractivity contribution in [3.63, 3.8) is 0 Å². The standard InChI is InChI=1S/C17H12BrN/c18-16-8-5-13(6-9-16)12-19-17-10-7-14-3-1-2-4-15(14)11-17/h1-12H. The molecule has 19 heavy (non-hydrogen) atoms. The van der Waals surface area contributed by atoms with Gasteiger partial charge in [0.25, 0.3) is 0 Å². The summed E-state index contributed by atoms with van der Waals surface area (Å²) >= 11 is 3.42. The Morgan fingerprint density at radius 1 is 0.789 bits per heavy atom. The van der Waals surface area contributed by atoms with Gasteiger partial charge in [-0.25, -0.2) is 0 Å². The lowest BCUT2D eigenvalue weighted by molar-refractivity contribution is 1.54. The predicted molar refractivity (Wildman–Crippen MR) is 85.3 cm³/mol. The van der Waals surface area contributed by atoms with Gasteiger partial charge in [0, 0.05) is 10.7 Å². The van der Waals surface area contributed by atoms with Gasteiger partial charge in [-0.15, -0.1) is 0 Å². The van der Waals surface area contributed by atoms with E-state index in [2.05, 4.69) is 45.2 Å². The highest BCUT2D eigenvalue weighted by Gasteiger charge is 1.94. The minimum Gasteiger partial charge on any atom is -0.256 e. The van der Waals surface area contributed by atoms with Crippen LogP contribution in [-0.2, 0) is 0 Å². The Balaban J connectivity index is 1.90. The fourth-order valence-corrected chi connectivity index (χ4v) is 2.22. The number of nitrogens with zero attached hydrogens (tertiary/aromatic N) is 1. The molecule has 0 unspecified atom stereocenters. The van der Waals surface area contributed by atoms with E-state index in [9.17, 15) is 0 Å². The molecule has 0 fully saturated rings. The van der Waals surface area contributed by atoms with Gasteiger partial charge in [0.15, 0.2) is 0 Å². The van der Waals surface area contributed by atoms with E-state index in [1.807, 2.05) is 48.7 Å². The maximum Gasteiger partial charge on any atom is 0.0636 e. The Labute approximate surface area is 120 Å². The fourth-order valence-electron chi connectivity index (χ4n) is 1.95. The van der Waals surface area contributed by atoms with Crippen molar-refractivity contribution in [2.75, 3.05) is 0 Å². The van der Waals surface area contributed by atoms with Gasteiger partial charge < -0.3 is 0 Å². The Bertz CT molecular complexity index is 730. The van der Waals surface area contributed by atoms with Gasteiger partial charge in [0.1, 0.15) is 0 Å². The smallest absolute Gasteiger partial charge is 0.0636 e. The SMILES string of the molecule is Brc1ccc(C=Nc2ccc3ccccc3c2)cc1. The lowest BCUT2D eigenvalue weighted by Crippen LogP contribution is -1.79.